The van der Waals surface area contributed by atoms with Crippen LogP contribution >= 0.6 is 11.6 Å². The van der Waals surface area contributed by atoms with Crippen LogP contribution < -0.4 is 0 Å². The highest BCUT2D eigenvalue weighted by Crippen LogP contribution is 2.20. The Bertz CT molecular complexity index is 366. The Hall–Kier alpha value is -1.00. The summed E-state index contributed by atoms with van der Waals surface area (Å²) >= 11 is 5.80. The van der Waals surface area contributed by atoms with Crippen molar-refractivity contribution in [3.8, 4) is 6.07 Å². The molecular weight excluding hydrogens is 206 g/mol. The van der Waals surface area contributed by atoms with Gasteiger partial charge in [0.05, 0.1) is 0 Å². The van der Waals surface area contributed by atoms with Crippen molar-refractivity contribution in [1.82, 2.24) is 0 Å². The minimum absolute atomic E-state index is 0.495. The topological polar surface area (TPSA) is 4.36 Å². The molecule has 78 valence electrons. The van der Waals surface area contributed by atoms with Gasteiger partial charge < -0.3 is 0 Å². The molecule has 1 aromatic rings. The van der Waals surface area contributed by atoms with E-state index in [0.29, 0.717) is 6.04 Å². The van der Waals surface area contributed by atoms with Gasteiger partial charge in [-0.05, 0) is 37.1 Å². The van der Waals surface area contributed by atoms with E-state index in [4.69, 9.17) is 11.6 Å². The molecule has 2 heteroatoms. The van der Waals surface area contributed by atoms with E-state index in [1.165, 1.54) is 32.1 Å². The Labute approximate surface area is 95.9 Å². The van der Waals surface area contributed by atoms with Crippen molar-refractivity contribution in [3.63, 3.8) is 0 Å². The monoisotopic (exact) mass is 220 g/mol. The smallest absolute Gasteiger partial charge is 0.0843 e. The Balaban J connectivity index is 2.00. The molecule has 2 rings (SSSR count). The summed E-state index contributed by atoms with van der Waals surface area (Å²) in [5.41, 5.74) is 1.02. The van der Waals surface area contributed by atoms with E-state index >= 15 is 0 Å². The van der Waals surface area contributed by atoms with Crippen LogP contribution in [-0.4, -0.2) is 6.04 Å². The molecule has 1 fully saturated rings. The molecule has 0 heterocycles. The van der Waals surface area contributed by atoms with Gasteiger partial charge in [0.15, 0.2) is 0 Å². The fraction of sp³-hybridized carbons (Fsp3) is 0.462. The second kappa shape index (κ2) is 5.19. The molecule has 0 aliphatic heterocycles. The van der Waals surface area contributed by atoms with E-state index in [-0.39, 0.29) is 0 Å². The van der Waals surface area contributed by atoms with Crippen molar-refractivity contribution in [3.05, 3.63) is 39.7 Å². The first kappa shape index (κ1) is 10.5. The third-order valence-electron chi connectivity index (χ3n) is 2.80. The van der Waals surface area contributed by atoms with Crippen LogP contribution in [0.2, 0.25) is 5.02 Å². The van der Waals surface area contributed by atoms with Crippen LogP contribution in [-0.2, 0) is 0 Å². The molecule has 0 unspecified atom stereocenters. The first-order valence-corrected chi connectivity index (χ1v) is 5.94. The van der Waals surface area contributed by atoms with Crippen molar-refractivity contribution in [2.75, 3.05) is 0 Å². The van der Waals surface area contributed by atoms with Gasteiger partial charge in [0.25, 0.3) is 6.04 Å². The molecule has 15 heavy (non-hydrogen) atoms. The maximum Gasteiger partial charge on any atom is 0.311 e. The zero-order chi connectivity index (χ0) is 10.5. The Morgan fingerprint density at radius 3 is 2.40 bits per heavy atom. The van der Waals surface area contributed by atoms with E-state index < -0.39 is 0 Å². The normalized spacial score (nSPS) is 16.9. The molecular formula is C13H15ClN+. The average Bonchev–Trinajstić information content (AvgIpc) is 2.30. The van der Waals surface area contributed by atoms with Gasteiger partial charge in [-0.3, -0.25) is 0 Å². The van der Waals surface area contributed by atoms with Crippen LogP contribution in [0, 0.1) is 6.07 Å². The maximum absolute atomic E-state index is 5.80. The number of hydrogen-bond acceptors (Lipinski definition) is 0. The SMILES string of the molecule is Clc1ccc(C#[N+]C2CCCCC2)cc1. The largest absolute Gasteiger partial charge is 0.311 e. The fourth-order valence-corrected chi connectivity index (χ4v) is 2.03. The first-order chi connectivity index (χ1) is 7.34. The third-order valence-corrected chi connectivity index (χ3v) is 3.05. The molecule has 0 radical (unpaired) electrons. The predicted molar refractivity (Wildman–Crippen MR) is 64.7 cm³/mol. The van der Waals surface area contributed by atoms with Gasteiger partial charge in [-0.25, -0.2) is 0 Å². The molecule has 1 aliphatic rings. The first-order valence-electron chi connectivity index (χ1n) is 5.56. The summed E-state index contributed by atoms with van der Waals surface area (Å²) in [7, 11) is 0. The third kappa shape index (κ3) is 3.25. The van der Waals surface area contributed by atoms with Gasteiger partial charge >= 0.3 is 6.07 Å². The highest BCUT2D eigenvalue weighted by Gasteiger charge is 2.20. The molecule has 0 amide bonds. The van der Waals surface area contributed by atoms with Crippen LogP contribution in [0.1, 0.15) is 37.7 Å². The summed E-state index contributed by atoms with van der Waals surface area (Å²) < 4.78 is 0. The lowest BCUT2D eigenvalue weighted by molar-refractivity contribution is 0.480. The van der Waals surface area contributed by atoms with Crippen LogP contribution in [0.3, 0.4) is 0 Å². The Morgan fingerprint density at radius 1 is 1.07 bits per heavy atom. The van der Waals surface area contributed by atoms with E-state index in [9.17, 15) is 0 Å². The van der Waals surface area contributed by atoms with Crippen LogP contribution in [0.4, 0.5) is 0 Å². The standard InChI is InChI=1S/C13H15ClN/c14-12-8-6-11(7-9-12)10-15-13-4-2-1-3-5-13/h6-9,13H,1-5H2/q+1. The molecule has 1 saturated carbocycles. The van der Waals surface area contributed by atoms with Gasteiger partial charge in [0.1, 0.15) is 5.56 Å². The van der Waals surface area contributed by atoms with Gasteiger partial charge in [0.2, 0.25) is 0 Å². The van der Waals surface area contributed by atoms with Crippen LogP contribution in [0.5, 0.6) is 0 Å². The van der Waals surface area contributed by atoms with Gasteiger partial charge in [-0.15, -0.1) is 0 Å². The minimum Gasteiger partial charge on any atom is -0.0843 e. The van der Waals surface area contributed by atoms with Crippen molar-refractivity contribution in [1.29, 1.82) is 0 Å². The number of nitrogens with zero attached hydrogens (tertiary/aromatic N) is 1. The summed E-state index contributed by atoms with van der Waals surface area (Å²) in [6.07, 6.45) is 6.45. The van der Waals surface area contributed by atoms with E-state index in [0.717, 1.165) is 10.6 Å². The predicted octanol–water partition coefficient (Wildman–Crippen LogP) is 4.35. The maximum atomic E-state index is 5.80. The lowest BCUT2D eigenvalue weighted by atomic mass is 9.96. The summed E-state index contributed by atoms with van der Waals surface area (Å²) in [4.78, 5) is 4.49. The number of halogens is 1. The zero-order valence-electron chi connectivity index (χ0n) is 8.75. The van der Waals surface area contributed by atoms with E-state index in [1.807, 2.05) is 24.3 Å². The van der Waals surface area contributed by atoms with Crippen molar-refractivity contribution >= 4 is 11.6 Å². The zero-order valence-corrected chi connectivity index (χ0v) is 9.50. The fourth-order valence-electron chi connectivity index (χ4n) is 1.90. The Kier molecular flexibility index (Phi) is 3.64. The average molecular weight is 221 g/mol. The summed E-state index contributed by atoms with van der Waals surface area (Å²) in [5, 5.41) is 0.762. The van der Waals surface area contributed by atoms with Crippen molar-refractivity contribution in [2.24, 2.45) is 0 Å². The summed E-state index contributed by atoms with van der Waals surface area (Å²) in [6.45, 7) is 0. The molecule has 0 bridgehead atoms. The Morgan fingerprint density at radius 2 is 1.73 bits per heavy atom. The minimum atomic E-state index is 0.495. The molecule has 1 aliphatic carbocycles. The lowest BCUT2D eigenvalue weighted by Crippen LogP contribution is -2.06. The second-order valence-electron chi connectivity index (χ2n) is 4.04. The summed E-state index contributed by atoms with van der Waals surface area (Å²) in [6, 6.07) is 11.3. The molecule has 1 aromatic carbocycles. The quantitative estimate of drug-likeness (QED) is 0.612. The molecule has 0 atom stereocenters. The summed E-state index contributed by atoms with van der Waals surface area (Å²) in [5.74, 6) is 0. The van der Waals surface area contributed by atoms with E-state index in [2.05, 4.69) is 10.9 Å². The van der Waals surface area contributed by atoms with Crippen molar-refractivity contribution < 1.29 is 0 Å². The van der Waals surface area contributed by atoms with E-state index in [1.54, 1.807) is 0 Å². The molecule has 1 nitrogen and oxygen atoms in total. The molecule has 0 aromatic heterocycles. The van der Waals surface area contributed by atoms with Gasteiger partial charge in [-0.1, -0.05) is 22.9 Å². The molecule has 0 N–H and O–H groups in total. The van der Waals surface area contributed by atoms with Gasteiger partial charge in [0, 0.05) is 17.9 Å². The lowest BCUT2D eigenvalue weighted by Gasteiger charge is -2.07. The van der Waals surface area contributed by atoms with Gasteiger partial charge in [-0.2, -0.15) is 0 Å². The van der Waals surface area contributed by atoms with Crippen molar-refractivity contribution in [2.45, 2.75) is 38.1 Å². The number of benzene rings is 1. The highest BCUT2D eigenvalue weighted by molar-refractivity contribution is 6.30. The van der Waals surface area contributed by atoms with Crippen LogP contribution in [0.25, 0.3) is 4.85 Å². The molecule has 0 saturated heterocycles. The van der Waals surface area contributed by atoms with Crippen LogP contribution in [0.15, 0.2) is 24.3 Å². The second-order valence-corrected chi connectivity index (χ2v) is 4.48. The number of hydrogen-bond donors (Lipinski definition) is 0. The highest BCUT2D eigenvalue weighted by atomic mass is 35.5. The number of rotatable bonds is 0. The molecule has 0 spiro atoms.